The maximum absolute atomic E-state index is 11.8. The standard InChI is InChI=1S/C14H14N2O2/c1-11-13(10-16(2)15-11)14(17)8-4-3-6-12-7-5-9-18-12/h3-10H,1-2H3/b6-3+,8-4+. The minimum atomic E-state index is -0.0512. The van der Waals surface area contributed by atoms with Crippen LogP contribution in [-0.4, -0.2) is 15.6 Å². The number of hydrogen-bond acceptors (Lipinski definition) is 3. The van der Waals surface area contributed by atoms with E-state index in [2.05, 4.69) is 5.10 Å². The lowest BCUT2D eigenvalue weighted by Crippen LogP contribution is -1.94. The van der Waals surface area contributed by atoms with E-state index in [0.717, 1.165) is 11.5 Å². The van der Waals surface area contributed by atoms with Crippen LogP contribution < -0.4 is 0 Å². The van der Waals surface area contributed by atoms with E-state index in [0.29, 0.717) is 5.56 Å². The molecular formula is C14H14N2O2. The quantitative estimate of drug-likeness (QED) is 0.470. The van der Waals surface area contributed by atoms with E-state index < -0.39 is 0 Å². The number of nitrogens with zero attached hydrogens (tertiary/aromatic N) is 2. The molecule has 0 spiro atoms. The second-order valence-corrected chi connectivity index (χ2v) is 3.90. The van der Waals surface area contributed by atoms with Gasteiger partial charge in [0.05, 0.1) is 17.5 Å². The molecule has 0 bridgehead atoms. The van der Waals surface area contributed by atoms with Gasteiger partial charge in [-0.15, -0.1) is 0 Å². The highest BCUT2D eigenvalue weighted by molar-refractivity contribution is 6.05. The number of furan rings is 1. The Kier molecular flexibility index (Phi) is 3.57. The normalized spacial score (nSPS) is 11.7. The Bertz CT molecular complexity index is 589. The summed E-state index contributed by atoms with van der Waals surface area (Å²) in [6.07, 6.45) is 10.1. The minimum Gasteiger partial charge on any atom is -0.465 e. The SMILES string of the molecule is Cc1nn(C)cc1C(=O)/C=C/C=C/c1ccco1. The van der Waals surface area contributed by atoms with E-state index in [1.165, 1.54) is 6.08 Å². The molecule has 0 saturated carbocycles. The Balaban J connectivity index is 2.01. The Morgan fingerprint density at radius 2 is 2.28 bits per heavy atom. The average molecular weight is 242 g/mol. The van der Waals surface area contributed by atoms with Gasteiger partial charge >= 0.3 is 0 Å². The van der Waals surface area contributed by atoms with Gasteiger partial charge in [-0.05, 0) is 31.2 Å². The van der Waals surface area contributed by atoms with Crippen molar-refractivity contribution < 1.29 is 9.21 Å². The Morgan fingerprint density at radius 3 is 2.89 bits per heavy atom. The Hall–Kier alpha value is -2.36. The molecule has 0 saturated heterocycles. The van der Waals surface area contributed by atoms with E-state index >= 15 is 0 Å². The molecule has 0 N–H and O–H groups in total. The summed E-state index contributed by atoms with van der Waals surface area (Å²) >= 11 is 0. The molecule has 18 heavy (non-hydrogen) atoms. The van der Waals surface area contributed by atoms with Gasteiger partial charge in [-0.1, -0.05) is 12.2 Å². The summed E-state index contributed by atoms with van der Waals surface area (Å²) in [5.41, 5.74) is 1.36. The molecule has 2 rings (SSSR count). The first-order valence-corrected chi connectivity index (χ1v) is 5.59. The molecule has 92 valence electrons. The van der Waals surface area contributed by atoms with E-state index in [4.69, 9.17) is 4.42 Å². The fourth-order valence-electron chi connectivity index (χ4n) is 1.61. The van der Waals surface area contributed by atoms with Crippen LogP contribution in [-0.2, 0) is 7.05 Å². The molecule has 4 nitrogen and oxygen atoms in total. The number of carbonyl (C=O) groups is 1. The molecule has 0 aromatic carbocycles. The Labute approximate surface area is 105 Å². The van der Waals surface area contributed by atoms with Gasteiger partial charge in [0.25, 0.3) is 0 Å². The highest BCUT2D eigenvalue weighted by Gasteiger charge is 2.08. The fourth-order valence-corrected chi connectivity index (χ4v) is 1.61. The lowest BCUT2D eigenvalue weighted by molar-refractivity contribution is 0.104. The summed E-state index contributed by atoms with van der Waals surface area (Å²) in [5.74, 6) is 0.703. The van der Waals surface area contributed by atoms with E-state index in [-0.39, 0.29) is 5.78 Å². The molecule has 0 amide bonds. The molecule has 0 unspecified atom stereocenters. The van der Waals surface area contributed by atoms with Crippen LogP contribution in [0.15, 0.2) is 47.2 Å². The number of aromatic nitrogens is 2. The molecule has 0 radical (unpaired) electrons. The van der Waals surface area contributed by atoms with Gasteiger partial charge in [0.2, 0.25) is 0 Å². The van der Waals surface area contributed by atoms with Gasteiger partial charge in [0.15, 0.2) is 5.78 Å². The number of hydrogen-bond donors (Lipinski definition) is 0. The minimum absolute atomic E-state index is 0.0512. The topological polar surface area (TPSA) is 48.0 Å². The maximum atomic E-state index is 11.8. The van der Waals surface area contributed by atoms with Crippen LogP contribution in [0.3, 0.4) is 0 Å². The first-order chi connectivity index (χ1) is 8.66. The van der Waals surface area contributed by atoms with Crippen LogP contribution in [0.25, 0.3) is 6.08 Å². The van der Waals surface area contributed by atoms with Gasteiger partial charge in [0.1, 0.15) is 5.76 Å². The Morgan fingerprint density at radius 1 is 1.44 bits per heavy atom. The van der Waals surface area contributed by atoms with Crippen LogP contribution in [0.4, 0.5) is 0 Å². The van der Waals surface area contributed by atoms with Crippen molar-refractivity contribution in [2.45, 2.75) is 6.92 Å². The van der Waals surface area contributed by atoms with Crippen molar-refractivity contribution in [3.8, 4) is 0 Å². The molecule has 0 aliphatic carbocycles. The predicted octanol–water partition coefficient (Wildman–Crippen LogP) is 2.77. The summed E-state index contributed by atoms with van der Waals surface area (Å²) in [5, 5.41) is 4.13. The number of allylic oxidation sites excluding steroid dienone is 3. The number of ketones is 1. The highest BCUT2D eigenvalue weighted by Crippen LogP contribution is 2.07. The van der Waals surface area contributed by atoms with Crippen LogP contribution in [0.5, 0.6) is 0 Å². The maximum Gasteiger partial charge on any atom is 0.189 e. The van der Waals surface area contributed by atoms with Crippen molar-refractivity contribution in [3.63, 3.8) is 0 Å². The third kappa shape index (κ3) is 2.85. The number of rotatable bonds is 4. The molecule has 2 aromatic rings. The molecule has 0 aliphatic heterocycles. The van der Waals surface area contributed by atoms with E-state index in [9.17, 15) is 4.79 Å². The second-order valence-electron chi connectivity index (χ2n) is 3.90. The molecule has 2 heterocycles. The summed E-state index contributed by atoms with van der Waals surface area (Å²) in [6.45, 7) is 1.82. The van der Waals surface area contributed by atoms with Crippen LogP contribution in [0.2, 0.25) is 0 Å². The van der Waals surface area contributed by atoms with Crippen LogP contribution in [0.1, 0.15) is 21.8 Å². The van der Waals surface area contributed by atoms with Gasteiger partial charge in [-0.25, -0.2) is 0 Å². The largest absolute Gasteiger partial charge is 0.465 e. The lowest BCUT2D eigenvalue weighted by atomic mass is 10.1. The molecule has 2 aromatic heterocycles. The van der Waals surface area contributed by atoms with Crippen molar-refractivity contribution >= 4 is 11.9 Å². The second kappa shape index (κ2) is 5.31. The van der Waals surface area contributed by atoms with Gasteiger partial charge in [-0.3, -0.25) is 9.48 Å². The van der Waals surface area contributed by atoms with Crippen molar-refractivity contribution in [3.05, 3.63) is 59.8 Å². The summed E-state index contributed by atoms with van der Waals surface area (Å²) in [6, 6.07) is 3.66. The zero-order chi connectivity index (χ0) is 13.0. The molecular weight excluding hydrogens is 228 g/mol. The first-order valence-electron chi connectivity index (χ1n) is 5.59. The zero-order valence-electron chi connectivity index (χ0n) is 10.3. The number of aryl methyl sites for hydroxylation is 2. The summed E-state index contributed by atoms with van der Waals surface area (Å²) in [7, 11) is 1.80. The summed E-state index contributed by atoms with van der Waals surface area (Å²) in [4.78, 5) is 11.8. The molecule has 0 atom stereocenters. The first kappa shape index (κ1) is 12.1. The van der Waals surface area contributed by atoms with Gasteiger partial charge < -0.3 is 4.42 Å². The van der Waals surface area contributed by atoms with E-state index in [1.54, 1.807) is 42.4 Å². The summed E-state index contributed by atoms with van der Waals surface area (Å²) < 4.78 is 6.76. The van der Waals surface area contributed by atoms with Gasteiger partial charge in [0, 0.05) is 13.2 Å². The third-order valence-electron chi connectivity index (χ3n) is 2.44. The average Bonchev–Trinajstić information content (AvgIpc) is 2.94. The van der Waals surface area contributed by atoms with Crippen LogP contribution in [0, 0.1) is 6.92 Å². The predicted molar refractivity (Wildman–Crippen MR) is 69.2 cm³/mol. The molecule has 0 fully saturated rings. The van der Waals surface area contributed by atoms with E-state index in [1.807, 2.05) is 19.1 Å². The lowest BCUT2D eigenvalue weighted by Gasteiger charge is -1.89. The number of carbonyl (C=O) groups excluding carboxylic acids is 1. The van der Waals surface area contributed by atoms with Gasteiger partial charge in [-0.2, -0.15) is 5.10 Å². The van der Waals surface area contributed by atoms with Crippen molar-refractivity contribution in [2.24, 2.45) is 7.05 Å². The molecule has 4 heteroatoms. The van der Waals surface area contributed by atoms with Crippen molar-refractivity contribution in [2.75, 3.05) is 0 Å². The van der Waals surface area contributed by atoms with Crippen molar-refractivity contribution in [1.82, 2.24) is 9.78 Å². The smallest absolute Gasteiger partial charge is 0.189 e. The highest BCUT2D eigenvalue weighted by atomic mass is 16.3. The monoisotopic (exact) mass is 242 g/mol. The zero-order valence-corrected chi connectivity index (χ0v) is 10.3. The fraction of sp³-hybridized carbons (Fsp3) is 0.143. The molecule has 0 aliphatic rings. The third-order valence-corrected chi connectivity index (χ3v) is 2.44. The van der Waals surface area contributed by atoms with Crippen molar-refractivity contribution in [1.29, 1.82) is 0 Å². The van der Waals surface area contributed by atoms with Crippen LogP contribution >= 0.6 is 0 Å².